The molecule has 1 atom stereocenters. The maximum Gasteiger partial charge on any atom is 0.356 e. The van der Waals surface area contributed by atoms with Crippen LogP contribution < -0.4 is 5.32 Å². The zero-order chi connectivity index (χ0) is 16.3. The van der Waals surface area contributed by atoms with Crippen LogP contribution in [-0.2, 0) is 4.79 Å². The summed E-state index contributed by atoms with van der Waals surface area (Å²) in [6.45, 7) is 5.85. The Kier molecular flexibility index (Phi) is 4.60. The maximum atomic E-state index is 12.2. The molecule has 0 spiro atoms. The second-order valence-corrected chi connectivity index (χ2v) is 5.49. The van der Waals surface area contributed by atoms with Crippen LogP contribution in [0.5, 0.6) is 0 Å². The molecule has 2 aromatic rings. The lowest BCUT2D eigenvalue weighted by Crippen LogP contribution is -2.25. The van der Waals surface area contributed by atoms with Crippen molar-refractivity contribution in [3.05, 3.63) is 42.2 Å². The number of carboxylic acids is 1. The summed E-state index contributed by atoms with van der Waals surface area (Å²) in [5.74, 6) is -1.06. The van der Waals surface area contributed by atoms with Gasteiger partial charge in [0.05, 0.1) is 11.4 Å². The molecule has 0 bridgehead atoms. The average Bonchev–Trinajstić information content (AvgIpc) is 2.96. The van der Waals surface area contributed by atoms with Crippen molar-refractivity contribution in [3.8, 4) is 5.69 Å². The SMILES string of the molecule is CC(C)C(C)C(=O)Nc1ccccc1-n1ccc(C(=O)O)n1. The van der Waals surface area contributed by atoms with Gasteiger partial charge in [0.2, 0.25) is 5.91 Å². The first-order valence-electron chi connectivity index (χ1n) is 7.09. The zero-order valence-corrected chi connectivity index (χ0v) is 12.8. The van der Waals surface area contributed by atoms with Gasteiger partial charge in [0.25, 0.3) is 0 Å². The molecule has 0 radical (unpaired) electrons. The quantitative estimate of drug-likeness (QED) is 0.889. The fraction of sp³-hybridized carbons (Fsp3) is 0.312. The highest BCUT2D eigenvalue weighted by molar-refractivity contribution is 5.94. The molecule has 0 saturated heterocycles. The number of carboxylic acid groups (broad SMARTS) is 1. The first kappa shape index (κ1) is 15.8. The number of aromatic carboxylic acids is 1. The molecule has 1 aromatic heterocycles. The monoisotopic (exact) mass is 301 g/mol. The van der Waals surface area contributed by atoms with Crippen LogP contribution in [0.1, 0.15) is 31.3 Å². The van der Waals surface area contributed by atoms with Crippen LogP contribution in [-0.4, -0.2) is 26.8 Å². The van der Waals surface area contributed by atoms with E-state index in [1.54, 1.807) is 30.5 Å². The van der Waals surface area contributed by atoms with E-state index in [4.69, 9.17) is 5.11 Å². The predicted molar refractivity (Wildman–Crippen MR) is 83.2 cm³/mol. The summed E-state index contributed by atoms with van der Waals surface area (Å²) in [5.41, 5.74) is 1.18. The van der Waals surface area contributed by atoms with Crippen LogP contribution in [0.3, 0.4) is 0 Å². The molecule has 1 unspecified atom stereocenters. The lowest BCUT2D eigenvalue weighted by molar-refractivity contribution is -0.120. The second-order valence-electron chi connectivity index (χ2n) is 5.49. The van der Waals surface area contributed by atoms with Gasteiger partial charge in [0, 0.05) is 12.1 Å². The molecule has 2 rings (SSSR count). The molecule has 2 N–H and O–H groups in total. The van der Waals surface area contributed by atoms with Gasteiger partial charge < -0.3 is 10.4 Å². The highest BCUT2D eigenvalue weighted by atomic mass is 16.4. The number of benzene rings is 1. The molecule has 116 valence electrons. The summed E-state index contributed by atoms with van der Waals surface area (Å²) in [5, 5.41) is 15.8. The number of hydrogen-bond acceptors (Lipinski definition) is 3. The minimum atomic E-state index is -1.09. The Hall–Kier alpha value is -2.63. The number of hydrogen-bond donors (Lipinski definition) is 2. The lowest BCUT2D eigenvalue weighted by Gasteiger charge is -2.17. The van der Waals surface area contributed by atoms with E-state index in [1.165, 1.54) is 10.7 Å². The summed E-state index contributed by atoms with van der Waals surface area (Å²) in [7, 11) is 0. The average molecular weight is 301 g/mol. The number of nitrogens with zero attached hydrogens (tertiary/aromatic N) is 2. The molecular weight excluding hydrogens is 282 g/mol. The Morgan fingerprint density at radius 3 is 2.45 bits per heavy atom. The Morgan fingerprint density at radius 2 is 1.86 bits per heavy atom. The second kappa shape index (κ2) is 6.43. The van der Waals surface area contributed by atoms with Crippen molar-refractivity contribution in [1.29, 1.82) is 0 Å². The molecule has 6 nitrogen and oxygen atoms in total. The molecule has 1 heterocycles. The van der Waals surface area contributed by atoms with E-state index >= 15 is 0 Å². The standard InChI is InChI=1S/C16H19N3O3/c1-10(2)11(3)15(20)17-12-6-4-5-7-14(12)19-9-8-13(18-19)16(21)22/h4-11H,1-3H3,(H,17,20)(H,21,22). The topological polar surface area (TPSA) is 84.2 Å². The van der Waals surface area contributed by atoms with Crippen molar-refractivity contribution < 1.29 is 14.7 Å². The first-order valence-corrected chi connectivity index (χ1v) is 7.09. The largest absolute Gasteiger partial charge is 0.476 e. The third-order valence-electron chi connectivity index (χ3n) is 3.63. The van der Waals surface area contributed by atoms with Crippen molar-refractivity contribution in [1.82, 2.24) is 9.78 Å². The number of para-hydroxylation sites is 2. The summed E-state index contributed by atoms with van der Waals surface area (Å²) >= 11 is 0. The third-order valence-corrected chi connectivity index (χ3v) is 3.63. The van der Waals surface area contributed by atoms with E-state index in [9.17, 15) is 9.59 Å². The fourth-order valence-electron chi connectivity index (χ4n) is 1.90. The Bertz CT molecular complexity index is 691. The lowest BCUT2D eigenvalue weighted by atomic mass is 9.97. The molecule has 0 aliphatic carbocycles. The number of anilines is 1. The van der Waals surface area contributed by atoms with Gasteiger partial charge in [-0.25, -0.2) is 9.48 Å². The molecule has 6 heteroatoms. The molecule has 1 aromatic carbocycles. The van der Waals surface area contributed by atoms with Crippen LogP contribution in [0.15, 0.2) is 36.5 Å². The number of carbonyl (C=O) groups excluding carboxylic acids is 1. The number of carbonyl (C=O) groups is 2. The Labute approximate surface area is 128 Å². The predicted octanol–water partition coefficient (Wildman–Crippen LogP) is 2.80. The van der Waals surface area contributed by atoms with Gasteiger partial charge in [-0.1, -0.05) is 32.9 Å². The van der Waals surface area contributed by atoms with Crippen LogP contribution in [0.25, 0.3) is 5.69 Å². The van der Waals surface area contributed by atoms with Crippen molar-refractivity contribution in [3.63, 3.8) is 0 Å². The van der Waals surface area contributed by atoms with Gasteiger partial charge in [-0.15, -0.1) is 0 Å². The van der Waals surface area contributed by atoms with Gasteiger partial charge in [-0.3, -0.25) is 4.79 Å². The summed E-state index contributed by atoms with van der Waals surface area (Å²) in [6.07, 6.45) is 1.56. The number of nitrogens with one attached hydrogen (secondary N) is 1. The highest BCUT2D eigenvalue weighted by Gasteiger charge is 2.18. The minimum absolute atomic E-state index is 0.0447. The molecule has 0 fully saturated rings. The zero-order valence-electron chi connectivity index (χ0n) is 12.8. The number of aromatic nitrogens is 2. The van der Waals surface area contributed by atoms with E-state index in [1.807, 2.05) is 20.8 Å². The van der Waals surface area contributed by atoms with Gasteiger partial charge >= 0.3 is 5.97 Å². The van der Waals surface area contributed by atoms with E-state index in [0.29, 0.717) is 11.4 Å². The molecule has 0 aliphatic heterocycles. The smallest absolute Gasteiger partial charge is 0.356 e. The normalized spacial score (nSPS) is 12.2. The molecular formula is C16H19N3O3. The van der Waals surface area contributed by atoms with Gasteiger partial charge in [-0.05, 0) is 24.1 Å². The molecule has 0 saturated carbocycles. The van der Waals surface area contributed by atoms with E-state index in [0.717, 1.165) is 0 Å². The summed E-state index contributed by atoms with van der Waals surface area (Å²) < 4.78 is 1.44. The first-order chi connectivity index (χ1) is 10.4. The maximum absolute atomic E-state index is 12.2. The van der Waals surface area contributed by atoms with E-state index in [2.05, 4.69) is 10.4 Å². The van der Waals surface area contributed by atoms with Crippen molar-refractivity contribution in [2.75, 3.05) is 5.32 Å². The Balaban J connectivity index is 2.30. The van der Waals surface area contributed by atoms with Crippen LogP contribution in [0, 0.1) is 11.8 Å². The number of amides is 1. The molecule has 22 heavy (non-hydrogen) atoms. The van der Waals surface area contributed by atoms with E-state index < -0.39 is 5.97 Å². The van der Waals surface area contributed by atoms with Gasteiger partial charge in [-0.2, -0.15) is 5.10 Å². The van der Waals surface area contributed by atoms with Gasteiger partial charge in [0.1, 0.15) is 0 Å². The van der Waals surface area contributed by atoms with E-state index in [-0.39, 0.29) is 23.4 Å². The van der Waals surface area contributed by atoms with Crippen molar-refractivity contribution in [2.45, 2.75) is 20.8 Å². The Morgan fingerprint density at radius 1 is 1.18 bits per heavy atom. The summed E-state index contributed by atoms with van der Waals surface area (Å²) in [4.78, 5) is 23.1. The molecule has 0 aliphatic rings. The summed E-state index contributed by atoms with van der Waals surface area (Å²) in [6, 6.07) is 8.56. The van der Waals surface area contributed by atoms with Gasteiger partial charge in [0.15, 0.2) is 5.69 Å². The molecule has 1 amide bonds. The van der Waals surface area contributed by atoms with Crippen molar-refractivity contribution in [2.24, 2.45) is 11.8 Å². The fourth-order valence-corrected chi connectivity index (χ4v) is 1.90. The number of rotatable bonds is 5. The third kappa shape index (κ3) is 3.33. The highest BCUT2D eigenvalue weighted by Crippen LogP contribution is 2.21. The minimum Gasteiger partial charge on any atom is -0.476 e. The van der Waals surface area contributed by atoms with Crippen LogP contribution in [0.2, 0.25) is 0 Å². The van der Waals surface area contributed by atoms with Crippen molar-refractivity contribution >= 4 is 17.6 Å². The van der Waals surface area contributed by atoms with Crippen LogP contribution >= 0.6 is 0 Å². The van der Waals surface area contributed by atoms with Crippen LogP contribution in [0.4, 0.5) is 5.69 Å².